The molecule has 32 valence electrons. The van der Waals surface area contributed by atoms with Crippen molar-refractivity contribution in [1.29, 1.82) is 0 Å². The summed E-state index contributed by atoms with van der Waals surface area (Å²) in [6, 6.07) is 0. The topological polar surface area (TPSA) is 0 Å². The summed E-state index contributed by atoms with van der Waals surface area (Å²) in [4.78, 5) is 0. The molecule has 0 heterocycles. The van der Waals surface area contributed by atoms with Crippen LogP contribution in [0.3, 0.4) is 0 Å². The van der Waals surface area contributed by atoms with Crippen LogP contribution in [0.4, 0.5) is 0 Å². The maximum Gasteiger partial charge on any atom is 1.00 e. The first-order valence-electron chi connectivity index (χ1n) is 2.07. The molecule has 0 atom stereocenters. The van der Waals surface area contributed by atoms with E-state index in [1.807, 2.05) is 0 Å². The normalized spacial score (nSPS) is 8.00. The van der Waals surface area contributed by atoms with Gasteiger partial charge in [-0.2, -0.15) is 12.8 Å². The van der Waals surface area contributed by atoms with Gasteiger partial charge in [0.25, 0.3) is 0 Å². The Bertz CT molecular complexity index is 17.9. The minimum absolute atomic E-state index is 0. The van der Waals surface area contributed by atoms with E-state index < -0.39 is 0 Å². The van der Waals surface area contributed by atoms with E-state index in [1.54, 1.807) is 0 Å². The van der Waals surface area contributed by atoms with Gasteiger partial charge >= 0.3 is 58.2 Å². The third kappa shape index (κ3) is 9.26. The molecule has 6 heavy (non-hydrogen) atoms. The van der Waals surface area contributed by atoms with Crippen LogP contribution in [0.2, 0.25) is 0 Å². The Labute approximate surface area is 89.5 Å². The average Bonchev–Trinajstić information content (AvgIpc) is 1.38. The van der Waals surface area contributed by atoms with Gasteiger partial charge in [-0.05, 0) is 0 Å². The molecule has 0 fully saturated rings. The summed E-state index contributed by atoms with van der Waals surface area (Å²) in [5.41, 5.74) is 0. The maximum absolute atomic E-state index is 2.17. The van der Waals surface area contributed by atoms with Crippen LogP contribution in [-0.4, -0.2) is 0 Å². The predicted molar refractivity (Wildman–Crippen MR) is 24.8 cm³/mol. The van der Waals surface area contributed by atoms with Gasteiger partial charge in [-0.3, -0.25) is 0 Å². The van der Waals surface area contributed by atoms with Crippen LogP contribution in [0.25, 0.3) is 0 Å². The Morgan fingerprint density at radius 1 is 1.33 bits per heavy atom. The number of rotatable bonds is 1. The Kier molecular flexibility index (Phi) is 12.2. The molecule has 0 aliphatic rings. The SMILES string of the molecule is C[CH-]C(C)C.[Rb+]. The van der Waals surface area contributed by atoms with Crippen molar-refractivity contribution >= 4 is 0 Å². The van der Waals surface area contributed by atoms with E-state index in [0.29, 0.717) is 0 Å². The molecule has 1 heteroatoms. The zero-order valence-corrected chi connectivity index (χ0v) is 10.1. The Morgan fingerprint density at radius 3 is 1.50 bits per heavy atom. The molecule has 0 aromatic heterocycles. The van der Waals surface area contributed by atoms with Crippen LogP contribution >= 0.6 is 0 Å². The molecule has 0 bridgehead atoms. The molecule has 0 aliphatic heterocycles. The third-order valence-corrected chi connectivity index (χ3v) is 0.667. The van der Waals surface area contributed by atoms with E-state index in [1.165, 1.54) is 0 Å². The smallest absolute Gasteiger partial charge is 0.329 e. The molecule has 0 rings (SSSR count). The molecule has 0 aliphatic carbocycles. The van der Waals surface area contributed by atoms with Gasteiger partial charge in [0.15, 0.2) is 0 Å². The first kappa shape index (κ1) is 10.7. The fourth-order valence-electron chi connectivity index (χ4n) is 0. The molecule has 0 spiro atoms. The number of hydrogen-bond acceptors (Lipinski definition) is 0. The molecular weight excluding hydrogens is 146 g/mol. The van der Waals surface area contributed by atoms with E-state index in [9.17, 15) is 0 Å². The predicted octanol–water partition coefficient (Wildman–Crippen LogP) is -1.13. The van der Waals surface area contributed by atoms with Gasteiger partial charge < -0.3 is 6.42 Å². The Hall–Kier alpha value is 1.81. The van der Waals surface area contributed by atoms with Crippen molar-refractivity contribution in [3.05, 3.63) is 6.42 Å². The van der Waals surface area contributed by atoms with Crippen LogP contribution in [0.15, 0.2) is 0 Å². The Balaban J connectivity index is 0. The fraction of sp³-hybridized carbons (Fsp3) is 0.800. The van der Waals surface area contributed by atoms with E-state index in [-0.39, 0.29) is 58.2 Å². The molecule has 0 aromatic carbocycles. The van der Waals surface area contributed by atoms with E-state index in [2.05, 4.69) is 27.2 Å². The summed E-state index contributed by atoms with van der Waals surface area (Å²) in [6.45, 7) is 6.41. The van der Waals surface area contributed by atoms with E-state index >= 15 is 0 Å². The van der Waals surface area contributed by atoms with Gasteiger partial charge in [-0.15, -0.1) is 0 Å². The zero-order chi connectivity index (χ0) is 4.28. The molecule has 0 N–H and O–H groups in total. The van der Waals surface area contributed by atoms with Gasteiger partial charge in [0.2, 0.25) is 0 Å². The summed E-state index contributed by atoms with van der Waals surface area (Å²) in [7, 11) is 0. The second-order valence-electron chi connectivity index (χ2n) is 1.58. The van der Waals surface area contributed by atoms with Crippen molar-refractivity contribution in [3.8, 4) is 0 Å². The van der Waals surface area contributed by atoms with Gasteiger partial charge in [0.1, 0.15) is 0 Å². The van der Waals surface area contributed by atoms with Crippen LogP contribution in [0.1, 0.15) is 20.8 Å². The largest absolute Gasteiger partial charge is 1.00 e. The van der Waals surface area contributed by atoms with Crippen molar-refractivity contribution in [2.24, 2.45) is 5.92 Å². The molecule has 0 nitrogen and oxygen atoms in total. The van der Waals surface area contributed by atoms with Crippen molar-refractivity contribution < 1.29 is 58.2 Å². The summed E-state index contributed by atoms with van der Waals surface area (Å²) < 4.78 is 0. The van der Waals surface area contributed by atoms with Crippen LogP contribution in [-0.2, 0) is 0 Å². The van der Waals surface area contributed by atoms with Gasteiger partial charge in [0, 0.05) is 0 Å². The summed E-state index contributed by atoms with van der Waals surface area (Å²) in [6.07, 6.45) is 2.17. The molecule has 0 unspecified atom stereocenters. The summed E-state index contributed by atoms with van der Waals surface area (Å²) >= 11 is 0. The van der Waals surface area contributed by atoms with Crippen molar-refractivity contribution in [1.82, 2.24) is 0 Å². The first-order valence-corrected chi connectivity index (χ1v) is 2.07. The quantitative estimate of drug-likeness (QED) is 0.422. The van der Waals surface area contributed by atoms with Gasteiger partial charge in [-0.1, -0.05) is 13.8 Å². The third-order valence-electron chi connectivity index (χ3n) is 0.667. The molecule has 0 radical (unpaired) electrons. The Morgan fingerprint density at radius 2 is 1.50 bits per heavy atom. The second-order valence-corrected chi connectivity index (χ2v) is 1.58. The number of hydrogen-bond donors (Lipinski definition) is 0. The van der Waals surface area contributed by atoms with Crippen molar-refractivity contribution in [3.63, 3.8) is 0 Å². The van der Waals surface area contributed by atoms with Gasteiger partial charge in [-0.25, -0.2) is 0 Å². The van der Waals surface area contributed by atoms with Crippen molar-refractivity contribution in [2.75, 3.05) is 0 Å². The maximum atomic E-state index is 2.17. The minimum atomic E-state index is 0. The van der Waals surface area contributed by atoms with Crippen molar-refractivity contribution in [2.45, 2.75) is 20.8 Å². The molecule has 0 aromatic rings. The van der Waals surface area contributed by atoms with E-state index in [0.717, 1.165) is 5.92 Å². The molecule has 0 saturated carbocycles. The molecular formula is C5H11Rb. The first-order chi connectivity index (χ1) is 2.27. The van der Waals surface area contributed by atoms with Gasteiger partial charge in [0.05, 0.1) is 0 Å². The standard InChI is InChI=1S/C5H11.Rb/c1-4-5(2)3;/h4-5H,1-3H3;/q-1;+1. The summed E-state index contributed by atoms with van der Waals surface area (Å²) in [5.74, 6) is 0.759. The van der Waals surface area contributed by atoms with Crippen LogP contribution in [0, 0.1) is 12.3 Å². The molecule has 0 amide bonds. The van der Waals surface area contributed by atoms with E-state index in [4.69, 9.17) is 0 Å². The second kappa shape index (κ2) is 6.81. The van der Waals surface area contributed by atoms with Crippen LogP contribution < -0.4 is 58.2 Å². The summed E-state index contributed by atoms with van der Waals surface area (Å²) in [5, 5.41) is 0. The molecule has 0 saturated heterocycles. The monoisotopic (exact) mass is 156 g/mol. The fourth-order valence-corrected chi connectivity index (χ4v) is 0. The minimum Gasteiger partial charge on any atom is -0.329 e. The van der Waals surface area contributed by atoms with Crippen LogP contribution in [0.5, 0.6) is 0 Å². The zero-order valence-electron chi connectivity index (χ0n) is 5.15. The average molecular weight is 157 g/mol.